The second-order valence-corrected chi connectivity index (χ2v) is 5.84. The number of likely N-dealkylation sites (N-methyl/N-ethyl adjacent to an activating group) is 1. The molecule has 0 saturated heterocycles. The minimum atomic E-state index is 0.633. The lowest BCUT2D eigenvalue weighted by Crippen LogP contribution is -2.47. The highest BCUT2D eigenvalue weighted by Crippen LogP contribution is 2.31. The minimum absolute atomic E-state index is 0.633. The van der Waals surface area contributed by atoms with Gasteiger partial charge in [0.15, 0.2) is 0 Å². The Kier molecular flexibility index (Phi) is 5.26. The zero-order valence-electron chi connectivity index (χ0n) is 12.7. The molecule has 0 amide bonds. The Morgan fingerprint density at radius 2 is 2.11 bits per heavy atom. The van der Waals surface area contributed by atoms with Gasteiger partial charge in [0, 0.05) is 24.8 Å². The van der Waals surface area contributed by atoms with E-state index in [-0.39, 0.29) is 0 Å². The molecule has 2 heteroatoms. The molecule has 2 unspecified atom stereocenters. The maximum Gasteiger partial charge on any atom is 0.0414 e. The minimum Gasteiger partial charge on any atom is -0.367 e. The van der Waals surface area contributed by atoms with Crippen LogP contribution in [0.4, 0.5) is 5.69 Å². The van der Waals surface area contributed by atoms with Crippen molar-refractivity contribution in [2.45, 2.75) is 46.1 Å². The number of nitrogens with one attached hydrogen (secondary N) is 1. The molecular formula is C17H28N2. The maximum atomic E-state index is 3.53. The number of hydrogen-bond acceptors (Lipinski definition) is 2. The quantitative estimate of drug-likeness (QED) is 0.842. The molecule has 0 radical (unpaired) electrons. The van der Waals surface area contributed by atoms with Gasteiger partial charge in [-0.25, -0.2) is 0 Å². The first-order chi connectivity index (χ1) is 9.26. The largest absolute Gasteiger partial charge is 0.367 e. The summed E-state index contributed by atoms with van der Waals surface area (Å²) < 4.78 is 0. The second kappa shape index (κ2) is 6.95. The Morgan fingerprint density at radius 1 is 1.32 bits per heavy atom. The zero-order chi connectivity index (χ0) is 13.7. The summed E-state index contributed by atoms with van der Waals surface area (Å²) in [5, 5.41) is 3.53. The third-order valence-corrected chi connectivity index (χ3v) is 4.07. The van der Waals surface area contributed by atoms with Gasteiger partial charge in [-0.15, -0.1) is 0 Å². The number of nitrogens with zero attached hydrogens (tertiary/aromatic N) is 1. The normalized spacial score (nSPS) is 20.2. The summed E-state index contributed by atoms with van der Waals surface area (Å²) in [6, 6.07) is 9.59. The first-order valence-electron chi connectivity index (χ1n) is 7.81. The van der Waals surface area contributed by atoms with Gasteiger partial charge in [-0.3, -0.25) is 0 Å². The van der Waals surface area contributed by atoms with Crippen LogP contribution in [-0.2, 0) is 6.42 Å². The van der Waals surface area contributed by atoms with Gasteiger partial charge in [0.25, 0.3) is 0 Å². The van der Waals surface area contributed by atoms with Crippen molar-refractivity contribution in [2.75, 3.05) is 24.5 Å². The molecule has 0 aromatic heterocycles. The van der Waals surface area contributed by atoms with Crippen LogP contribution in [0.1, 0.15) is 39.2 Å². The summed E-state index contributed by atoms with van der Waals surface area (Å²) in [6.45, 7) is 10.2. The number of anilines is 1. The molecule has 19 heavy (non-hydrogen) atoms. The maximum absolute atomic E-state index is 3.53. The van der Waals surface area contributed by atoms with Crippen molar-refractivity contribution in [2.24, 2.45) is 5.92 Å². The van der Waals surface area contributed by atoms with E-state index in [0.717, 1.165) is 19.0 Å². The summed E-state index contributed by atoms with van der Waals surface area (Å²) >= 11 is 0. The predicted molar refractivity (Wildman–Crippen MR) is 83.9 cm³/mol. The second-order valence-electron chi connectivity index (χ2n) is 5.84. The lowest BCUT2D eigenvalue weighted by Gasteiger charge is -2.40. The van der Waals surface area contributed by atoms with E-state index in [9.17, 15) is 0 Å². The fraction of sp³-hybridized carbons (Fsp3) is 0.647. The third-order valence-electron chi connectivity index (χ3n) is 4.07. The van der Waals surface area contributed by atoms with E-state index in [1.165, 1.54) is 37.1 Å². The van der Waals surface area contributed by atoms with E-state index in [4.69, 9.17) is 0 Å². The van der Waals surface area contributed by atoms with E-state index in [2.05, 4.69) is 55.3 Å². The van der Waals surface area contributed by atoms with Crippen LogP contribution in [0.2, 0.25) is 0 Å². The number of rotatable bonds is 6. The van der Waals surface area contributed by atoms with Crippen LogP contribution in [0.3, 0.4) is 0 Å². The summed E-state index contributed by atoms with van der Waals surface area (Å²) in [6.07, 6.45) is 3.75. The van der Waals surface area contributed by atoms with Crippen molar-refractivity contribution in [1.82, 2.24) is 5.32 Å². The number of benzene rings is 1. The van der Waals surface area contributed by atoms with Crippen LogP contribution in [0, 0.1) is 5.92 Å². The third kappa shape index (κ3) is 3.50. The van der Waals surface area contributed by atoms with Gasteiger partial charge in [0.1, 0.15) is 0 Å². The van der Waals surface area contributed by atoms with E-state index in [0.29, 0.717) is 6.04 Å². The Hall–Kier alpha value is -1.02. The summed E-state index contributed by atoms with van der Waals surface area (Å²) in [7, 11) is 0. The molecule has 1 aliphatic rings. The van der Waals surface area contributed by atoms with Crippen LogP contribution in [0.25, 0.3) is 0 Å². The summed E-state index contributed by atoms with van der Waals surface area (Å²) in [4.78, 5) is 2.65. The molecule has 0 spiro atoms. The molecule has 0 fully saturated rings. The lowest BCUT2D eigenvalue weighted by atomic mass is 9.92. The molecule has 2 atom stereocenters. The molecular weight excluding hydrogens is 232 g/mol. The van der Waals surface area contributed by atoms with E-state index < -0.39 is 0 Å². The first kappa shape index (κ1) is 14.4. The molecule has 1 N–H and O–H groups in total. The first-order valence-corrected chi connectivity index (χ1v) is 7.81. The van der Waals surface area contributed by atoms with E-state index >= 15 is 0 Å². The summed E-state index contributed by atoms with van der Waals surface area (Å²) in [5.41, 5.74) is 3.00. The smallest absolute Gasteiger partial charge is 0.0414 e. The topological polar surface area (TPSA) is 15.3 Å². The fourth-order valence-electron chi connectivity index (χ4n) is 3.20. The zero-order valence-corrected chi connectivity index (χ0v) is 12.7. The highest BCUT2D eigenvalue weighted by molar-refractivity contribution is 5.56. The molecule has 0 bridgehead atoms. The Labute approximate surface area is 118 Å². The van der Waals surface area contributed by atoms with Crippen LogP contribution in [0.15, 0.2) is 24.3 Å². The van der Waals surface area contributed by atoms with Crippen molar-refractivity contribution in [3.05, 3.63) is 29.8 Å². The molecule has 1 aliphatic heterocycles. The van der Waals surface area contributed by atoms with Gasteiger partial charge < -0.3 is 10.2 Å². The van der Waals surface area contributed by atoms with E-state index in [1.54, 1.807) is 0 Å². The molecule has 106 valence electrons. The van der Waals surface area contributed by atoms with Crippen molar-refractivity contribution >= 4 is 5.69 Å². The van der Waals surface area contributed by atoms with Gasteiger partial charge >= 0.3 is 0 Å². The van der Waals surface area contributed by atoms with Crippen LogP contribution in [0.5, 0.6) is 0 Å². The number of fused-ring (bicyclic) bond motifs is 1. The van der Waals surface area contributed by atoms with Gasteiger partial charge in [-0.2, -0.15) is 0 Å². The highest BCUT2D eigenvalue weighted by Gasteiger charge is 2.26. The molecule has 0 saturated carbocycles. The number of para-hydroxylation sites is 1. The van der Waals surface area contributed by atoms with Crippen LogP contribution < -0.4 is 10.2 Å². The number of hydrogen-bond donors (Lipinski definition) is 1. The Bertz CT molecular complexity index is 389. The standard InChI is InChI=1S/C17H28N2/c1-4-8-16(12-18-5-2)19-13-14(3)11-15-9-6-7-10-17(15)19/h6-7,9-10,14,16,18H,4-5,8,11-13H2,1-3H3. The molecule has 1 aromatic carbocycles. The van der Waals surface area contributed by atoms with Crippen LogP contribution >= 0.6 is 0 Å². The molecule has 2 rings (SSSR count). The van der Waals surface area contributed by atoms with E-state index in [1.807, 2.05) is 0 Å². The molecule has 1 aromatic rings. The van der Waals surface area contributed by atoms with Gasteiger partial charge in [0.05, 0.1) is 0 Å². The molecule has 2 nitrogen and oxygen atoms in total. The predicted octanol–water partition coefficient (Wildman–Crippen LogP) is 3.46. The fourth-order valence-corrected chi connectivity index (χ4v) is 3.20. The van der Waals surface area contributed by atoms with Crippen molar-refractivity contribution in [3.63, 3.8) is 0 Å². The highest BCUT2D eigenvalue weighted by atomic mass is 15.2. The van der Waals surface area contributed by atoms with Crippen molar-refractivity contribution in [3.8, 4) is 0 Å². The molecule has 1 heterocycles. The average Bonchev–Trinajstić information content (AvgIpc) is 2.42. The Morgan fingerprint density at radius 3 is 2.84 bits per heavy atom. The van der Waals surface area contributed by atoms with Crippen molar-refractivity contribution < 1.29 is 0 Å². The van der Waals surface area contributed by atoms with Crippen LogP contribution in [-0.4, -0.2) is 25.7 Å². The van der Waals surface area contributed by atoms with Gasteiger partial charge in [0.2, 0.25) is 0 Å². The SMILES string of the molecule is CCCC(CNCC)N1CC(C)Cc2ccccc21. The van der Waals surface area contributed by atoms with Gasteiger partial charge in [-0.05, 0) is 36.9 Å². The van der Waals surface area contributed by atoms with Gasteiger partial charge in [-0.1, -0.05) is 45.4 Å². The molecule has 0 aliphatic carbocycles. The summed E-state index contributed by atoms with van der Waals surface area (Å²) in [5.74, 6) is 0.760. The Balaban J connectivity index is 2.21. The average molecular weight is 260 g/mol. The van der Waals surface area contributed by atoms with Crippen molar-refractivity contribution in [1.29, 1.82) is 0 Å². The monoisotopic (exact) mass is 260 g/mol. The lowest BCUT2D eigenvalue weighted by molar-refractivity contribution is 0.445.